The van der Waals surface area contributed by atoms with E-state index in [4.69, 9.17) is 15.2 Å². The fourth-order valence-electron chi connectivity index (χ4n) is 1.96. The molecule has 0 saturated heterocycles. The van der Waals surface area contributed by atoms with Gasteiger partial charge in [0.1, 0.15) is 5.54 Å². The Labute approximate surface area is 120 Å². The lowest BCUT2D eigenvalue weighted by Crippen LogP contribution is -2.55. The Hall–Kier alpha value is -1.43. The molecule has 0 aliphatic heterocycles. The Bertz CT molecular complexity index is 411. The van der Waals surface area contributed by atoms with Crippen molar-refractivity contribution in [3.8, 4) is 0 Å². The highest BCUT2D eigenvalue weighted by Crippen LogP contribution is 2.21. The van der Waals surface area contributed by atoms with Gasteiger partial charge in [-0.05, 0) is 26.5 Å². The highest BCUT2D eigenvalue weighted by atomic mass is 16.5. The minimum atomic E-state index is -1.03. The van der Waals surface area contributed by atoms with Crippen LogP contribution in [0.5, 0.6) is 0 Å². The topological polar surface area (TPSA) is 73.6 Å². The van der Waals surface area contributed by atoms with Crippen LogP contribution in [0.25, 0.3) is 0 Å². The molecule has 0 heterocycles. The van der Waals surface area contributed by atoms with Crippen LogP contribution in [-0.4, -0.2) is 38.9 Å². The molecule has 5 nitrogen and oxygen atoms in total. The third-order valence-electron chi connectivity index (χ3n) is 3.26. The molecule has 0 saturated carbocycles. The van der Waals surface area contributed by atoms with E-state index in [1.165, 1.54) is 0 Å². The van der Waals surface area contributed by atoms with E-state index in [-0.39, 0.29) is 12.7 Å². The number of nitrogens with one attached hydrogen (secondary N) is 1. The van der Waals surface area contributed by atoms with E-state index in [0.717, 1.165) is 5.56 Å². The maximum atomic E-state index is 11.9. The van der Waals surface area contributed by atoms with Gasteiger partial charge in [0.2, 0.25) is 5.91 Å². The third-order valence-corrected chi connectivity index (χ3v) is 3.26. The molecular formula is C15H24N2O3. The van der Waals surface area contributed by atoms with Gasteiger partial charge in [0.25, 0.3) is 0 Å². The fraction of sp³-hybridized carbons (Fsp3) is 0.533. The quantitative estimate of drug-likeness (QED) is 0.708. The summed E-state index contributed by atoms with van der Waals surface area (Å²) in [5, 5.41) is 3.00. The zero-order valence-corrected chi connectivity index (χ0v) is 12.4. The van der Waals surface area contributed by atoms with Crippen LogP contribution in [0.3, 0.4) is 0 Å². The van der Waals surface area contributed by atoms with Gasteiger partial charge < -0.3 is 20.5 Å². The van der Waals surface area contributed by atoms with Gasteiger partial charge in [0.05, 0.1) is 19.3 Å². The molecule has 1 amide bonds. The highest BCUT2D eigenvalue weighted by Gasteiger charge is 2.37. The molecule has 20 heavy (non-hydrogen) atoms. The molecule has 1 rings (SSSR count). The number of nitrogens with two attached hydrogens (primary N) is 1. The van der Waals surface area contributed by atoms with Crippen molar-refractivity contribution in [3.63, 3.8) is 0 Å². The van der Waals surface area contributed by atoms with Gasteiger partial charge in [-0.25, -0.2) is 0 Å². The van der Waals surface area contributed by atoms with Crippen molar-refractivity contribution in [1.29, 1.82) is 0 Å². The van der Waals surface area contributed by atoms with E-state index < -0.39 is 11.4 Å². The summed E-state index contributed by atoms with van der Waals surface area (Å²) in [5.41, 5.74) is 5.35. The first-order valence-electron chi connectivity index (χ1n) is 6.80. The maximum Gasteiger partial charge on any atom is 0.244 e. The van der Waals surface area contributed by atoms with Crippen LogP contribution >= 0.6 is 0 Å². The summed E-state index contributed by atoms with van der Waals surface area (Å²) in [6.45, 7) is 5.13. The van der Waals surface area contributed by atoms with Gasteiger partial charge in [-0.2, -0.15) is 0 Å². The summed E-state index contributed by atoms with van der Waals surface area (Å²) in [5.74, 6) is -0.463. The van der Waals surface area contributed by atoms with Gasteiger partial charge in [0.15, 0.2) is 0 Å². The molecule has 112 valence electrons. The van der Waals surface area contributed by atoms with Crippen molar-refractivity contribution >= 4 is 5.91 Å². The first-order chi connectivity index (χ1) is 9.56. The highest BCUT2D eigenvalue weighted by molar-refractivity contribution is 5.86. The van der Waals surface area contributed by atoms with E-state index in [1.807, 2.05) is 44.2 Å². The predicted octanol–water partition coefficient (Wildman–Crippen LogP) is 1.03. The molecule has 1 aromatic carbocycles. The molecule has 2 unspecified atom stereocenters. The monoisotopic (exact) mass is 280 g/mol. The van der Waals surface area contributed by atoms with E-state index in [9.17, 15) is 4.79 Å². The second-order valence-electron chi connectivity index (χ2n) is 4.67. The number of carbonyl (C=O) groups excluding carboxylic acids is 1. The standard InChI is InChI=1S/C15H24N2O3/c1-4-19-10-12(2)20-11-15(17-3,14(16)18)13-8-6-5-7-9-13/h5-9,12,17H,4,10-11H2,1-3H3,(H2,16,18). The average Bonchev–Trinajstić information content (AvgIpc) is 2.47. The number of hydrogen-bond donors (Lipinski definition) is 2. The van der Waals surface area contributed by atoms with Crippen LogP contribution in [0.15, 0.2) is 30.3 Å². The first-order valence-corrected chi connectivity index (χ1v) is 6.80. The lowest BCUT2D eigenvalue weighted by atomic mass is 9.90. The smallest absolute Gasteiger partial charge is 0.244 e. The normalized spacial score (nSPS) is 15.6. The molecule has 3 N–H and O–H groups in total. The molecular weight excluding hydrogens is 256 g/mol. The molecule has 0 aliphatic carbocycles. The number of primary amides is 1. The van der Waals surface area contributed by atoms with Crippen molar-refractivity contribution < 1.29 is 14.3 Å². The van der Waals surface area contributed by atoms with Crippen LogP contribution in [0, 0.1) is 0 Å². The Morgan fingerprint density at radius 3 is 2.55 bits per heavy atom. The van der Waals surface area contributed by atoms with Gasteiger partial charge in [0, 0.05) is 6.61 Å². The first kappa shape index (κ1) is 16.6. The van der Waals surface area contributed by atoms with Crippen molar-refractivity contribution in [3.05, 3.63) is 35.9 Å². The lowest BCUT2D eigenvalue weighted by molar-refractivity contribution is -0.129. The number of amides is 1. The molecule has 0 fully saturated rings. The van der Waals surface area contributed by atoms with E-state index in [1.54, 1.807) is 7.05 Å². The summed E-state index contributed by atoms with van der Waals surface area (Å²) in [7, 11) is 1.70. The van der Waals surface area contributed by atoms with E-state index in [0.29, 0.717) is 13.2 Å². The van der Waals surface area contributed by atoms with Gasteiger partial charge >= 0.3 is 0 Å². The minimum Gasteiger partial charge on any atom is -0.379 e. The van der Waals surface area contributed by atoms with Gasteiger partial charge in [-0.1, -0.05) is 30.3 Å². The molecule has 0 aromatic heterocycles. The van der Waals surface area contributed by atoms with Crippen molar-refractivity contribution in [2.24, 2.45) is 5.73 Å². The van der Waals surface area contributed by atoms with Gasteiger partial charge in [-0.15, -0.1) is 0 Å². The third kappa shape index (κ3) is 4.03. The summed E-state index contributed by atoms with van der Waals surface area (Å²) < 4.78 is 11.0. The second kappa shape index (κ2) is 7.99. The van der Waals surface area contributed by atoms with Crippen LogP contribution in [0.4, 0.5) is 0 Å². The van der Waals surface area contributed by atoms with Gasteiger partial charge in [-0.3, -0.25) is 4.79 Å². The van der Waals surface area contributed by atoms with Crippen LogP contribution in [-0.2, 0) is 19.8 Å². The van der Waals surface area contributed by atoms with Crippen LogP contribution in [0.2, 0.25) is 0 Å². The molecule has 0 aliphatic rings. The summed E-state index contributed by atoms with van der Waals surface area (Å²) in [4.78, 5) is 11.9. The summed E-state index contributed by atoms with van der Waals surface area (Å²) in [6.07, 6.45) is -0.106. The lowest BCUT2D eigenvalue weighted by Gasteiger charge is -2.31. The number of likely N-dealkylation sites (N-methyl/N-ethyl adjacent to an activating group) is 1. The number of ether oxygens (including phenoxy) is 2. The summed E-state index contributed by atoms with van der Waals surface area (Å²) in [6, 6.07) is 9.35. The molecule has 5 heteroatoms. The number of hydrogen-bond acceptors (Lipinski definition) is 4. The summed E-state index contributed by atoms with van der Waals surface area (Å²) >= 11 is 0. The Balaban J connectivity index is 2.83. The molecule has 0 spiro atoms. The number of carbonyl (C=O) groups is 1. The predicted molar refractivity (Wildman–Crippen MR) is 78.3 cm³/mol. The number of rotatable bonds is 9. The second-order valence-corrected chi connectivity index (χ2v) is 4.67. The Morgan fingerprint density at radius 1 is 1.40 bits per heavy atom. The van der Waals surface area contributed by atoms with E-state index >= 15 is 0 Å². The molecule has 2 atom stereocenters. The SMILES string of the molecule is CCOCC(C)OCC(NC)(C(N)=O)c1ccccc1. The maximum absolute atomic E-state index is 11.9. The largest absolute Gasteiger partial charge is 0.379 e. The molecule has 0 radical (unpaired) electrons. The van der Waals surface area contributed by atoms with Crippen molar-refractivity contribution in [2.45, 2.75) is 25.5 Å². The fourth-order valence-corrected chi connectivity index (χ4v) is 1.96. The van der Waals surface area contributed by atoms with Crippen molar-refractivity contribution in [1.82, 2.24) is 5.32 Å². The number of benzene rings is 1. The molecule has 0 bridgehead atoms. The Morgan fingerprint density at radius 2 is 2.05 bits per heavy atom. The van der Waals surface area contributed by atoms with E-state index in [2.05, 4.69) is 5.32 Å². The zero-order valence-electron chi connectivity index (χ0n) is 12.4. The van der Waals surface area contributed by atoms with Crippen LogP contribution in [0.1, 0.15) is 19.4 Å². The van der Waals surface area contributed by atoms with Crippen molar-refractivity contribution in [2.75, 3.05) is 26.9 Å². The minimum absolute atomic E-state index is 0.106. The molecule has 1 aromatic rings. The van der Waals surface area contributed by atoms with Crippen LogP contribution < -0.4 is 11.1 Å². The Kier molecular flexibility index (Phi) is 6.64. The zero-order chi connectivity index (χ0) is 15.0. The average molecular weight is 280 g/mol.